The van der Waals surface area contributed by atoms with Gasteiger partial charge in [-0.2, -0.15) is 0 Å². The number of halogens is 1. The summed E-state index contributed by atoms with van der Waals surface area (Å²) < 4.78 is 12.8. The number of benzene rings is 2. The number of carbonyl (C=O) groups is 1. The summed E-state index contributed by atoms with van der Waals surface area (Å²) in [4.78, 5) is 17.0. The number of ether oxygens (including phenoxy) is 1. The Morgan fingerprint density at radius 3 is 2.61 bits per heavy atom. The normalized spacial score (nSPS) is 10.8. The topological polar surface area (TPSA) is 69.3 Å². The second kappa shape index (κ2) is 9.76. The van der Waals surface area contributed by atoms with Crippen molar-refractivity contribution in [2.45, 2.75) is 11.7 Å². The molecule has 6 nitrogen and oxygen atoms in total. The number of carbonyl (C=O) groups excluding carboxylic acids is 1. The Kier molecular flexibility index (Phi) is 6.64. The van der Waals surface area contributed by atoms with Crippen LogP contribution in [-0.2, 0) is 11.3 Å². The number of hydrogen-bond donors (Lipinski definition) is 1. The molecule has 0 atom stereocenters. The van der Waals surface area contributed by atoms with Crippen LogP contribution in [0, 0.1) is 0 Å². The van der Waals surface area contributed by atoms with Crippen LogP contribution in [0.4, 0.5) is 5.69 Å². The fourth-order valence-corrected chi connectivity index (χ4v) is 3.94. The first-order chi connectivity index (χ1) is 15.1. The fourth-order valence-electron chi connectivity index (χ4n) is 3.04. The van der Waals surface area contributed by atoms with E-state index in [0.717, 1.165) is 27.9 Å². The van der Waals surface area contributed by atoms with Gasteiger partial charge in [-0.1, -0.05) is 23.4 Å². The monoisotopic (exact) mass is 453 g/mol. The van der Waals surface area contributed by atoms with Crippen LogP contribution < -0.4 is 10.1 Å². The van der Waals surface area contributed by atoms with Crippen LogP contribution >= 0.6 is 23.4 Å². The maximum atomic E-state index is 12.4. The van der Waals surface area contributed by atoms with Gasteiger partial charge in [-0.3, -0.25) is 4.79 Å². The van der Waals surface area contributed by atoms with E-state index in [1.165, 1.54) is 11.8 Å². The highest BCUT2D eigenvalue weighted by Gasteiger charge is 2.15. The third kappa shape index (κ3) is 5.31. The number of amides is 1. The number of nitrogens with one attached hydrogen (secondary N) is 1. The molecule has 8 heteroatoms. The van der Waals surface area contributed by atoms with Crippen LogP contribution in [0.15, 0.2) is 82.7 Å². The van der Waals surface area contributed by atoms with E-state index in [4.69, 9.17) is 20.8 Å². The number of nitrogens with zero attached hydrogens (tertiary/aromatic N) is 2. The van der Waals surface area contributed by atoms with Crippen LogP contribution in [0.5, 0.6) is 5.75 Å². The maximum Gasteiger partial charge on any atom is 0.234 e. The Morgan fingerprint density at radius 2 is 1.94 bits per heavy atom. The van der Waals surface area contributed by atoms with Crippen molar-refractivity contribution >= 4 is 35.0 Å². The molecule has 2 aromatic carbocycles. The van der Waals surface area contributed by atoms with Crippen molar-refractivity contribution in [1.29, 1.82) is 0 Å². The average molecular weight is 454 g/mol. The Bertz CT molecular complexity index is 1140. The molecule has 0 bridgehead atoms. The summed E-state index contributed by atoms with van der Waals surface area (Å²) in [6, 6.07) is 18.6. The van der Waals surface area contributed by atoms with Gasteiger partial charge >= 0.3 is 0 Å². The minimum Gasteiger partial charge on any atom is -0.497 e. The molecule has 0 aliphatic carbocycles. The van der Waals surface area contributed by atoms with Gasteiger partial charge < -0.3 is 19.0 Å². The Labute approximate surface area is 189 Å². The molecule has 1 N–H and O–H groups in total. The molecule has 158 valence electrons. The first-order valence-corrected chi connectivity index (χ1v) is 10.9. The van der Waals surface area contributed by atoms with Gasteiger partial charge in [0.15, 0.2) is 5.16 Å². The Balaban J connectivity index is 1.52. The lowest BCUT2D eigenvalue weighted by Gasteiger charge is -2.11. The molecule has 0 aliphatic heterocycles. The maximum absolute atomic E-state index is 12.4. The molecule has 4 aromatic rings. The molecule has 2 aromatic heterocycles. The zero-order valence-corrected chi connectivity index (χ0v) is 18.3. The van der Waals surface area contributed by atoms with E-state index in [1.807, 2.05) is 47.2 Å². The Hall–Kier alpha value is -3.16. The van der Waals surface area contributed by atoms with E-state index in [9.17, 15) is 4.79 Å². The molecule has 0 saturated carbocycles. The molecule has 0 saturated heterocycles. The number of aromatic nitrogens is 2. The number of furan rings is 1. The zero-order chi connectivity index (χ0) is 21.6. The summed E-state index contributed by atoms with van der Waals surface area (Å²) >= 11 is 7.26. The molecule has 0 spiro atoms. The second-order valence-electron chi connectivity index (χ2n) is 6.66. The molecule has 0 unspecified atom stereocenters. The first kappa shape index (κ1) is 21.1. The van der Waals surface area contributed by atoms with E-state index in [2.05, 4.69) is 10.3 Å². The lowest BCUT2D eigenvalue weighted by Crippen LogP contribution is -2.14. The molecular formula is C23H20ClN3O3S. The predicted octanol–water partition coefficient (Wildman–Crippen LogP) is 5.58. The van der Waals surface area contributed by atoms with Gasteiger partial charge in [-0.15, -0.1) is 0 Å². The van der Waals surface area contributed by atoms with Crippen molar-refractivity contribution < 1.29 is 13.9 Å². The minimum atomic E-state index is -0.120. The number of imidazole rings is 1. The van der Waals surface area contributed by atoms with E-state index < -0.39 is 0 Å². The summed E-state index contributed by atoms with van der Waals surface area (Å²) in [5.74, 6) is 1.69. The van der Waals surface area contributed by atoms with E-state index in [0.29, 0.717) is 17.3 Å². The third-order valence-electron chi connectivity index (χ3n) is 4.56. The molecule has 31 heavy (non-hydrogen) atoms. The third-order valence-corrected chi connectivity index (χ3v) is 5.80. The average Bonchev–Trinajstić information content (AvgIpc) is 3.44. The standard InChI is InChI=1S/C23H20ClN3O3S/c1-29-19-10-4-16(5-11-19)21-13-25-23(27(21)14-20-3-2-12-30-20)31-15-22(28)26-18-8-6-17(24)7-9-18/h2-13H,14-15H2,1H3,(H,26,28). The number of rotatable bonds is 8. The second-order valence-corrected chi connectivity index (χ2v) is 8.04. The molecule has 0 aliphatic rings. The van der Waals surface area contributed by atoms with Gasteiger partial charge in [0.1, 0.15) is 11.5 Å². The van der Waals surface area contributed by atoms with E-state index >= 15 is 0 Å². The highest BCUT2D eigenvalue weighted by atomic mass is 35.5. The van der Waals surface area contributed by atoms with Gasteiger partial charge in [-0.25, -0.2) is 4.98 Å². The molecule has 1 amide bonds. The lowest BCUT2D eigenvalue weighted by molar-refractivity contribution is -0.113. The SMILES string of the molecule is COc1ccc(-c2cnc(SCC(=O)Nc3ccc(Cl)cc3)n2Cc2ccco2)cc1. The van der Waals surface area contributed by atoms with Crippen LogP contribution in [0.1, 0.15) is 5.76 Å². The number of hydrogen-bond acceptors (Lipinski definition) is 5. The van der Waals surface area contributed by atoms with Gasteiger partial charge in [0.25, 0.3) is 0 Å². The van der Waals surface area contributed by atoms with E-state index in [-0.39, 0.29) is 11.7 Å². The minimum absolute atomic E-state index is 0.120. The number of thioether (sulfide) groups is 1. The van der Waals surface area contributed by atoms with Crippen molar-refractivity contribution in [2.24, 2.45) is 0 Å². The van der Waals surface area contributed by atoms with Crippen molar-refractivity contribution in [3.8, 4) is 17.0 Å². The fraction of sp³-hybridized carbons (Fsp3) is 0.130. The van der Waals surface area contributed by atoms with Crippen LogP contribution in [0.2, 0.25) is 5.02 Å². The molecule has 0 fully saturated rings. The predicted molar refractivity (Wildman–Crippen MR) is 123 cm³/mol. The summed E-state index contributed by atoms with van der Waals surface area (Å²) in [5, 5.41) is 4.22. The van der Waals surface area contributed by atoms with Crippen LogP contribution in [-0.4, -0.2) is 28.3 Å². The van der Waals surface area contributed by atoms with Gasteiger partial charge in [-0.05, 0) is 60.7 Å². The molecular weight excluding hydrogens is 434 g/mol. The van der Waals surface area contributed by atoms with E-state index in [1.54, 1.807) is 37.6 Å². The van der Waals surface area contributed by atoms with Crippen molar-refractivity contribution in [3.63, 3.8) is 0 Å². The van der Waals surface area contributed by atoms with Crippen molar-refractivity contribution in [2.75, 3.05) is 18.2 Å². The quantitative estimate of drug-likeness (QED) is 0.352. The smallest absolute Gasteiger partial charge is 0.234 e. The largest absolute Gasteiger partial charge is 0.497 e. The number of anilines is 1. The van der Waals surface area contributed by atoms with Gasteiger partial charge in [0.05, 0.1) is 37.6 Å². The first-order valence-electron chi connectivity index (χ1n) is 9.53. The molecule has 0 radical (unpaired) electrons. The van der Waals surface area contributed by atoms with Gasteiger partial charge in [0, 0.05) is 16.3 Å². The number of methoxy groups -OCH3 is 1. The van der Waals surface area contributed by atoms with Crippen LogP contribution in [0.25, 0.3) is 11.3 Å². The van der Waals surface area contributed by atoms with Crippen molar-refractivity contribution in [3.05, 3.63) is 83.9 Å². The molecule has 2 heterocycles. The summed E-state index contributed by atoms with van der Waals surface area (Å²) in [5.41, 5.74) is 2.63. The highest BCUT2D eigenvalue weighted by Crippen LogP contribution is 2.29. The van der Waals surface area contributed by atoms with Crippen LogP contribution in [0.3, 0.4) is 0 Å². The summed E-state index contributed by atoms with van der Waals surface area (Å²) in [6.45, 7) is 0.509. The zero-order valence-electron chi connectivity index (χ0n) is 16.7. The van der Waals surface area contributed by atoms with Crippen molar-refractivity contribution in [1.82, 2.24) is 9.55 Å². The summed E-state index contributed by atoms with van der Waals surface area (Å²) in [7, 11) is 1.64. The van der Waals surface area contributed by atoms with Gasteiger partial charge in [0.2, 0.25) is 5.91 Å². The molecule has 4 rings (SSSR count). The lowest BCUT2D eigenvalue weighted by atomic mass is 10.1. The highest BCUT2D eigenvalue weighted by molar-refractivity contribution is 7.99. The Morgan fingerprint density at radius 1 is 1.16 bits per heavy atom. The summed E-state index contributed by atoms with van der Waals surface area (Å²) in [6.07, 6.45) is 3.45.